The van der Waals surface area contributed by atoms with Crippen LogP contribution in [0, 0.1) is 0 Å². The van der Waals surface area contributed by atoms with Gasteiger partial charge < -0.3 is 0 Å². The van der Waals surface area contributed by atoms with Crippen LogP contribution >= 0.6 is 11.6 Å². The minimum absolute atomic E-state index is 0.0210. The van der Waals surface area contributed by atoms with Crippen LogP contribution in [0.4, 0.5) is 0 Å². The van der Waals surface area contributed by atoms with Gasteiger partial charge >= 0.3 is 0 Å². The number of nitrogens with zero attached hydrogens (tertiary/aromatic N) is 1. The highest BCUT2D eigenvalue weighted by atomic mass is 35.5. The molecule has 0 aliphatic carbocycles. The molecule has 1 atom stereocenters. The van der Waals surface area contributed by atoms with E-state index < -0.39 is 0 Å². The fourth-order valence-electron chi connectivity index (χ4n) is 2.13. The highest BCUT2D eigenvalue weighted by molar-refractivity contribution is 6.35. The van der Waals surface area contributed by atoms with Gasteiger partial charge in [-0.3, -0.25) is 4.98 Å². The molecule has 0 aliphatic heterocycles. The van der Waals surface area contributed by atoms with E-state index in [1.807, 2.05) is 6.07 Å². The fourth-order valence-corrected chi connectivity index (χ4v) is 2.38. The Hall–Kier alpha value is -1.08. The summed E-state index contributed by atoms with van der Waals surface area (Å²) >= 11 is 6.45. The second-order valence-electron chi connectivity index (χ2n) is 6.33. The molecule has 19 heavy (non-hydrogen) atoms. The molecule has 1 nitrogen and oxygen atoms in total. The Morgan fingerprint density at radius 2 is 1.89 bits per heavy atom. The molecule has 0 spiro atoms. The number of benzene rings is 1. The lowest BCUT2D eigenvalue weighted by molar-refractivity contribution is 0.571. The van der Waals surface area contributed by atoms with Crippen molar-refractivity contribution in [3.05, 3.63) is 40.5 Å². The number of hydrogen-bond acceptors (Lipinski definition) is 1. The average molecular weight is 276 g/mol. The molecule has 0 saturated carbocycles. The average Bonchev–Trinajstić information content (AvgIpc) is 2.36. The topological polar surface area (TPSA) is 12.9 Å². The molecule has 1 unspecified atom stereocenters. The first-order valence-electron chi connectivity index (χ1n) is 6.93. The van der Waals surface area contributed by atoms with Crippen molar-refractivity contribution < 1.29 is 0 Å². The summed E-state index contributed by atoms with van der Waals surface area (Å²) in [5.41, 5.74) is 3.39. The highest BCUT2D eigenvalue weighted by Gasteiger charge is 2.17. The molecular weight excluding hydrogens is 254 g/mol. The number of pyridine rings is 1. The monoisotopic (exact) mass is 275 g/mol. The van der Waals surface area contributed by atoms with Crippen molar-refractivity contribution in [3.63, 3.8) is 0 Å². The summed E-state index contributed by atoms with van der Waals surface area (Å²) < 4.78 is 0. The van der Waals surface area contributed by atoms with Crippen molar-refractivity contribution >= 4 is 22.5 Å². The van der Waals surface area contributed by atoms with Gasteiger partial charge in [-0.05, 0) is 36.1 Å². The maximum Gasteiger partial charge on any atom is 0.0720 e. The number of aromatic nitrogens is 1. The summed E-state index contributed by atoms with van der Waals surface area (Å²) in [6.07, 6.45) is 1.14. The van der Waals surface area contributed by atoms with Crippen molar-refractivity contribution in [2.24, 2.45) is 0 Å². The first-order valence-corrected chi connectivity index (χ1v) is 7.31. The van der Waals surface area contributed by atoms with Crippen LogP contribution in [0.25, 0.3) is 10.9 Å². The lowest BCUT2D eigenvalue weighted by Crippen LogP contribution is -2.13. The van der Waals surface area contributed by atoms with Crippen LogP contribution in [-0.2, 0) is 5.41 Å². The predicted octanol–water partition coefficient (Wildman–Crippen LogP) is 5.70. The predicted molar refractivity (Wildman–Crippen MR) is 84.2 cm³/mol. The molecular formula is C17H22ClN. The third-order valence-corrected chi connectivity index (χ3v) is 4.04. The van der Waals surface area contributed by atoms with Gasteiger partial charge in [0, 0.05) is 16.5 Å². The Bertz CT molecular complexity index is 596. The minimum atomic E-state index is 0.0210. The fraction of sp³-hybridized carbons (Fsp3) is 0.471. The number of fused-ring (bicyclic) bond motifs is 1. The first-order chi connectivity index (χ1) is 8.82. The quantitative estimate of drug-likeness (QED) is 0.685. The summed E-state index contributed by atoms with van der Waals surface area (Å²) in [6.45, 7) is 10.9. The van der Waals surface area contributed by atoms with Crippen LogP contribution in [0.1, 0.15) is 58.2 Å². The van der Waals surface area contributed by atoms with Crippen molar-refractivity contribution in [2.45, 2.75) is 52.4 Å². The van der Waals surface area contributed by atoms with E-state index in [9.17, 15) is 0 Å². The Morgan fingerprint density at radius 1 is 1.21 bits per heavy atom. The van der Waals surface area contributed by atoms with E-state index in [4.69, 9.17) is 16.6 Å². The van der Waals surface area contributed by atoms with Gasteiger partial charge in [0.1, 0.15) is 0 Å². The summed E-state index contributed by atoms with van der Waals surface area (Å²) in [6, 6.07) is 8.46. The van der Waals surface area contributed by atoms with Crippen molar-refractivity contribution in [1.29, 1.82) is 0 Å². The molecule has 0 saturated heterocycles. The number of halogens is 1. The Kier molecular flexibility index (Phi) is 3.87. The van der Waals surface area contributed by atoms with Crippen LogP contribution < -0.4 is 0 Å². The van der Waals surface area contributed by atoms with E-state index in [2.05, 4.69) is 52.8 Å². The largest absolute Gasteiger partial charge is 0.252 e. The molecule has 1 heterocycles. The van der Waals surface area contributed by atoms with E-state index in [0.717, 1.165) is 28.0 Å². The Labute approximate surface area is 121 Å². The van der Waals surface area contributed by atoms with Gasteiger partial charge in [-0.1, -0.05) is 52.3 Å². The summed E-state index contributed by atoms with van der Waals surface area (Å²) in [4.78, 5) is 4.75. The van der Waals surface area contributed by atoms with E-state index in [1.165, 1.54) is 5.56 Å². The number of hydrogen-bond donors (Lipinski definition) is 0. The molecule has 0 N–H and O–H groups in total. The van der Waals surface area contributed by atoms with Crippen molar-refractivity contribution in [2.75, 3.05) is 0 Å². The van der Waals surface area contributed by atoms with Crippen molar-refractivity contribution in [3.8, 4) is 0 Å². The molecule has 0 aliphatic rings. The van der Waals surface area contributed by atoms with E-state index >= 15 is 0 Å². The standard InChI is InChI=1S/C17H22ClN/c1-6-11(2)12-7-8-15-13(9-12)14(18)10-16(19-15)17(3,4)5/h7-11H,6H2,1-5H3. The molecule has 2 rings (SSSR count). The zero-order valence-electron chi connectivity index (χ0n) is 12.4. The molecule has 0 amide bonds. The molecule has 0 fully saturated rings. The van der Waals surface area contributed by atoms with Gasteiger partial charge in [0.2, 0.25) is 0 Å². The summed E-state index contributed by atoms with van der Waals surface area (Å²) in [7, 11) is 0. The second-order valence-corrected chi connectivity index (χ2v) is 6.73. The van der Waals surface area contributed by atoms with Gasteiger partial charge in [-0.2, -0.15) is 0 Å². The number of rotatable bonds is 2. The third-order valence-electron chi connectivity index (χ3n) is 3.73. The highest BCUT2D eigenvalue weighted by Crippen LogP contribution is 2.31. The van der Waals surface area contributed by atoms with Crippen LogP contribution in [-0.4, -0.2) is 4.98 Å². The van der Waals surface area contributed by atoms with Crippen LogP contribution in [0.2, 0.25) is 5.02 Å². The maximum atomic E-state index is 6.45. The lowest BCUT2D eigenvalue weighted by atomic mass is 9.90. The van der Waals surface area contributed by atoms with Gasteiger partial charge in [0.15, 0.2) is 0 Å². The lowest BCUT2D eigenvalue weighted by Gasteiger charge is -2.19. The second kappa shape index (κ2) is 5.13. The van der Waals surface area contributed by atoms with E-state index in [0.29, 0.717) is 5.92 Å². The van der Waals surface area contributed by atoms with E-state index in [-0.39, 0.29) is 5.41 Å². The molecule has 2 heteroatoms. The molecule has 0 bridgehead atoms. The summed E-state index contributed by atoms with van der Waals surface area (Å²) in [5, 5.41) is 1.87. The van der Waals surface area contributed by atoms with Crippen LogP contribution in [0.3, 0.4) is 0 Å². The zero-order chi connectivity index (χ0) is 14.2. The van der Waals surface area contributed by atoms with E-state index in [1.54, 1.807) is 0 Å². The van der Waals surface area contributed by atoms with Gasteiger partial charge in [-0.15, -0.1) is 0 Å². The van der Waals surface area contributed by atoms with Crippen molar-refractivity contribution in [1.82, 2.24) is 4.98 Å². The van der Waals surface area contributed by atoms with Crippen LogP contribution in [0.5, 0.6) is 0 Å². The molecule has 1 aromatic heterocycles. The Balaban J connectivity index is 2.60. The van der Waals surface area contributed by atoms with Gasteiger partial charge in [0.25, 0.3) is 0 Å². The molecule has 1 aromatic carbocycles. The zero-order valence-corrected chi connectivity index (χ0v) is 13.2. The van der Waals surface area contributed by atoms with Crippen LogP contribution in [0.15, 0.2) is 24.3 Å². The van der Waals surface area contributed by atoms with Gasteiger partial charge in [-0.25, -0.2) is 0 Å². The molecule has 2 aromatic rings. The summed E-state index contributed by atoms with van der Waals surface area (Å²) in [5.74, 6) is 0.558. The Morgan fingerprint density at radius 3 is 2.47 bits per heavy atom. The third kappa shape index (κ3) is 2.92. The minimum Gasteiger partial charge on any atom is -0.252 e. The van der Waals surface area contributed by atoms with Gasteiger partial charge in [0.05, 0.1) is 10.5 Å². The molecule has 102 valence electrons. The maximum absolute atomic E-state index is 6.45. The normalized spacial score (nSPS) is 13.8. The first kappa shape index (κ1) is 14.3. The molecule has 0 radical (unpaired) electrons. The SMILES string of the molecule is CCC(C)c1ccc2nc(C(C)(C)C)cc(Cl)c2c1. The smallest absolute Gasteiger partial charge is 0.0720 e.